The van der Waals surface area contributed by atoms with Crippen LogP contribution >= 0.6 is 0 Å². The molecule has 0 aliphatic carbocycles. The standard InChI is InChI=1S/C12H16N2O4/c1-3-4-9(15)18-8-6-5-7(12(14)16)11(17-2)10(8)13/h5-6H,3-4,13H2,1-2H3,(H2,14,16). The first-order valence-electron chi connectivity index (χ1n) is 5.48. The monoisotopic (exact) mass is 252 g/mol. The molecule has 6 heteroatoms. The van der Waals surface area contributed by atoms with Crippen LogP contribution in [0.5, 0.6) is 11.5 Å². The number of amides is 1. The normalized spacial score (nSPS) is 9.89. The minimum Gasteiger partial charge on any atom is -0.494 e. The third-order valence-corrected chi connectivity index (χ3v) is 2.30. The molecule has 1 aromatic rings. The Hall–Kier alpha value is -2.24. The van der Waals surface area contributed by atoms with Gasteiger partial charge in [0.2, 0.25) is 0 Å². The number of ether oxygens (including phenoxy) is 2. The number of hydrogen-bond donors (Lipinski definition) is 2. The molecule has 0 fully saturated rings. The molecule has 0 radical (unpaired) electrons. The summed E-state index contributed by atoms with van der Waals surface area (Å²) in [5.74, 6) is -0.775. The largest absolute Gasteiger partial charge is 0.494 e. The molecule has 6 nitrogen and oxygen atoms in total. The average Bonchev–Trinajstić information content (AvgIpc) is 2.31. The molecule has 4 N–H and O–H groups in total. The van der Waals surface area contributed by atoms with Crippen molar-refractivity contribution in [2.24, 2.45) is 5.73 Å². The summed E-state index contributed by atoms with van der Waals surface area (Å²) in [6.45, 7) is 1.86. The van der Waals surface area contributed by atoms with Gasteiger partial charge < -0.3 is 20.9 Å². The van der Waals surface area contributed by atoms with Gasteiger partial charge in [-0.1, -0.05) is 6.92 Å². The van der Waals surface area contributed by atoms with E-state index in [-0.39, 0.29) is 22.7 Å². The fourth-order valence-electron chi connectivity index (χ4n) is 1.46. The predicted molar refractivity (Wildman–Crippen MR) is 66.5 cm³/mol. The lowest BCUT2D eigenvalue weighted by Gasteiger charge is -2.12. The summed E-state index contributed by atoms with van der Waals surface area (Å²) < 4.78 is 10.1. The molecule has 18 heavy (non-hydrogen) atoms. The zero-order chi connectivity index (χ0) is 13.7. The smallest absolute Gasteiger partial charge is 0.311 e. The lowest BCUT2D eigenvalue weighted by molar-refractivity contribution is -0.134. The van der Waals surface area contributed by atoms with Gasteiger partial charge in [-0.3, -0.25) is 9.59 Å². The Kier molecular flexibility index (Phi) is 4.53. The van der Waals surface area contributed by atoms with Crippen LogP contribution in [0, 0.1) is 0 Å². The quantitative estimate of drug-likeness (QED) is 0.463. The number of methoxy groups -OCH3 is 1. The second kappa shape index (κ2) is 5.90. The highest BCUT2D eigenvalue weighted by molar-refractivity contribution is 5.98. The number of anilines is 1. The summed E-state index contributed by atoms with van der Waals surface area (Å²) in [6.07, 6.45) is 0.967. The van der Waals surface area contributed by atoms with E-state index in [0.29, 0.717) is 12.8 Å². The van der Waals surface area contributed by atoms with E-state index in [4.69, 9.17) is 20.9 Å². The van der Waals surface area contributed by atoms with Crippen molar-refractivity contribution in [3.8, 4) is 11.5 Å². The van der Waals surface area contributed by atoms with Crippen molar-refractivity contribution in [2.45, 2.75) is 19.8 Å². The van der Waals surface area contributed by atoms with E-state index in [2.05, 4.69) is 0 Å². The first kappa shape index (κ1) is 13.8. The number of hydrogen-bond acceptors (Lipinski definition) is 5. The van der Waals surface area contributed by atoms with E-state index in [1.54, 1.807) is 0 Å². The van der Waals surface area contributed by atoms with E-state index in [1.807, 2.05) is 6.92 Å². The Morgan fingerprint density at radius 1 is 1.33 bits per heavy atom. The van der Waals surface area contributed by atoms with Crippen LogP contribution in [0.2, 0.25) is 0 Å². The molecule has 0 aliphatic heterocycles. The third-order valence-electron chi connectivity index (χ3n) is 2.30. The van der Waals surface area contributed by atoms with Crippen LogP contribution in [0.4, 0.5) is 5.69 Å². The molecule has 0 saturated carbocycles. The molecule has 0 aromatic heterocycles. The summed E-state index contributed by atoms with van der Waals surface area (Å²) >= 11 is 0. The number of nitrogens with two attached hydrogens (primary N) is 2. The van der Waals surface area contributed by atoms with E-state index in [9.17, 15) is 9.59 Å². The highest BCUT2D eigenvalue weighted by Gasteiger charge is 2.17. The molecule has 0 heterocycles. The van der Waals surface area contributed by atoms with Crippen LogP contribution in [0.3, 0.4) is 0 Å². The third kappa shape index (κ3) is 2.91. The minimum absolute atomic E-state index is 0.0817. The van der Waals surface area contributed by atoms with Gasteiger partial charge in [-0.2, -0.15) is 0 Å². The summed E-state index contributed by atoms with van der Waals surface area (Å²) in [5.41, 5.74) is 11.2. The Balaban J connectivity index is 3.09. The number of carbonyl (C=O) groups is 2. The summed E-state index contributed by atoms with van der Waals surface area (Å²) in [6, 6.07) is 2.83. The lowest BCUT2D eigenvalue weighted by Crippen LogP contribution is -2.15. The van der Waals surface area contributed by atoms with Gasteiger partial charge >= 0.3 is 5.97 Å². The molecule has 1 amide bonds. The number of nitrogen functional groups attached to an aromatic ring is 1. The summed E-state index contributed by atoms with van der Waals surface area (Å²) in [5, 5.41) is 0. The van der Waals surface area contributed by atoms with Crippen molar-refractivity contribution in [2.75, 3.05) is 12.8 Å². The fourth-order valence-corrected chi connectivity index (χ4v) is 1.46. The molecular formula is C12H16N2O4. The fraction of sp³-hybridized carbons (Fsp3) is 0.333. The second-order valence-electron chi connectivity index (χ2n) is 3.65. The maximum atomic E-state index is 11.4. The molecule has 1 rings (SSSR count). The average molecular weight is 252 g/mol. The van der Waals surface area contributed by atoms with Crippen LogP contribution in [-0.4, -0.2) is 19.0 Å². The first-order chi connectivity index (χ1) is 8.51. The van der Waals surface area contributed by atoms with Gasteiger partial charge in [0.05, 0.1) is 12.7 Å². The zero-order valence-electron chi connectivity index (χ0n) is 10.4. The van der Waals surface area contributed by atoms with Crippen molar-refractivity contribution in [3.63, 3.8) is 0 Å². The predicted octanol–water partition coefficient (Wildman–Crippen LogP) is 1.08. The van der Waals surface area contributed by atoms with E-state index >= 15 is 0 Å². The molecule has 1 aromatic carbocycles. The Morgan fingerprint density at radius 3 is 2.50 bits per heavy atom. The van der Waals surface area contributed by atoms with Crippen LogP contribution in [0.25, 0.3) is 0 Å². The van der Waals surface area contributed by atoms with Gasteiger partial charge in [0.1, 0.15) is 5.69 Å². The van der Waals surface area contributed by atoms with Crippen molar-refractivity contribution in [1.29, 1.82) is 0 Å². The lowest BCUT2D eigenvalue weighted by atomic mass is 10.1. The number of benzene rings is 1. The topological polar surface area (TPSA) is 105 Å². The maximum absolute atomic E-state index is 11.4. The Morgan fingerprint density at radius 2 is 2.00 bits per heavy atom. The molecule has 0 aliphatic rings. The molecule has 98 valence electrons. The molecule has 0 spiro atoms. The van der Waals surface area contributed by atoms with Crippen molar-refractivity contribution >= 4 is 17.6 Å². The van der Waals surface area contributed by atoms with E-state index in [0.717, 1.165) is 0 Å². The highest BCUT2D eigenvalue weighted by Crippen LogP contribution is 2.34. The molecule has 0 saturated heterocycles. The molecule has 0 bridgehead atoms. The van der Waals surface area contributed by atoms with Crippen LogP contribution < -0.4 is 20.9 Å². The van der Waals surface area contributed by atoms with Crippen molar-refractivity contribution < 1.29 is 19.1 Å². The van der Waals surface area contributed by atoms with Gasteiger partial charge in [-0.15, -0.1) is 0 Å². The minimum atomic E-state index is -0.662. The number of carbonyl (C=O) groups excluding carboxylic acids is 2. The van der Waals surface area contributed by atoms with Crippen LogP contribution in [0.1, 0.15) is 30.1 Å². The van der Waals surface area contributed by atoms with Crippen LogP contribution in [0.15, 0.2) is 12.1 Å². The van der Waals surface area contributed by atoms with E-state index < -0.39 is 11.9 Å². The first-order valence-corrected chi connectivity index (χ1v) is 5.48. The molecule has 0 unspecified atom stereocenters. The van der Waals surface area contributed by atoms with Crippen LogP contribution in [-0.2, 0) is 4.79 Å². The molecule has 0 atom stereocenters. The number of rotatable bonds is 5. The van der Waals surface area contributed by atoms with Gasteiger partial charge in [-0.05, 0) is 18.6 Å². The van der Waals surface area contributed by atoms with Gasteiger partial charge in [0.25, 0.3) is 5.91 Å². The van der Waals surface area contributed by atoms with Crippen molar-refractivity contribution in [1.82, 2.24) is 0 Å². The Bertz CT molecular complexity index is 471. The Labute approximate surface area is 105 Å². The zero-order valence-corrected chi connectivity index (χ0v) is 10.4. The van der Waals surface area contributed by atoms with Gasteiger partial charge in [0.15, 0.2) is 11.5 Å². The van der Waals surface area contributed by atoms with Crippen molar-refractivity contribution in [3.05, 3.63) is 17.7 Å². The SMILES string of the molecule is CCCC(=O)Oc1ccc(C(N)=O)c(OC)c1N. The second-order valence-corrected chi connectivity index (χ2v) is 3.65. The van der Waals surface area contributed by atoms with Gasteiger partial charge in [0, 0.05) is 6.42 Å². The number of esters is 1. The van der Waals surface area contributed by atoms with E-state index in [1.165, 1.54) is 19.2 Å². The summed E-state index contributed by atoms with van der Waals surface area (Å²) in [4.78, 5) is 22.5. The number of primary amides is 1. The molecular weight excluding hydrogens is 236 g/mol. The highest BCUT2D eigenvalue weighted by atomic mass is 16.5. The summed E-state index contributed by atoms with van der Waals surface area (Å²) in [7, 11) is 1.36. The maximum Gasteiger partial charge on any atom is 0.311 e. The van der Waals surface area contributed by atoms with Gasteiger partial charge in [-0.25, -0.2) is 0 Å².